The van der Waals surface area contributed by atoms with E-state index in [1.165, 1.54) is 0 Å². The van der Waals surface area contributed by atoms with E-state index in [9.17, 15) is 9.59 Å². The molecule has 0 aliphatic rings. The summed E-state index contributed by atoms with van der Waals surface area (Å²) in [6, 6.07) is 0. The Morgan fingerprint density at radius 2 is 2.43 bits per heavy atom. The summed E-state index contributed by atoms with van der Waals surface area (Å²) in [7, 11) is 0. The number of ether oxygens (including phenoxy) is 1. The van der Waals surface area contributed by atoms with Crippen molar-refractivity contribution in [2.24, 2.45) is 0 Å². The van der Waals surface area contributed by atoms with Crippen LogP contribution in [0.5, 0.6) is 0 Å². The SMILES string of the molecule is CCCC(OC(=O)Cl)c1noc(=O)o1. The molecule has 0 aliphatic heterocycles. The summed E-state index contributed by atoms with van der Waals surface area (Å²) in [4.78, 5) is 21.0. The summed E-state index contributed by atoms with van der Waals surface area (Å²) in [5.74, 6) is -1.02. The van der Waals surface area contributed by atoms with Crippen LogP contribution in [-0.4, -0.2) is 10.6 Å². The minimum Gasteiger partial charge on any atom is -0.440 e. The van der Waals surface area contributed by atoms with Crippen LogP contribution in [-0.2, 0) is 4.74 Å². The lowest BCUT2D eigenvalue weighted by atomic mass is 10.2. The molecule has 0 aromatic carbocycles. The largest absolute Gasteiger partial charge is 0.542 e. The van der Waals surface area contributed by atoms with E-state index in [0.29, 0.717) is 12.8 Å². The standard InChI is InChI=1S/C7H8ClNO5/c1-2-3-4(12-6(8)10)5-9-14-7(11)13-5/h4H,2-3H2,1H3. The third kappa shape index (κ3) is 2.88. The highest BCUT2D eigenvalue weighted by atomic mass is 35.5. The minimum absolute atomic E-state index is 0.0779. The number of rotatable bonds is 4. The summed E-state index contributed by atoms with van der Waals surface area (Å²) < 4.78 is 13.4. The second-order valence-corrected chi connectivity index (χ2v) is 2.81. The quantitative estimate of drug-likeness (QED) is 0.722. The van der Waals surface area contributed by atoms with Gasteiger partial charge in [-0.25, -0.2) is 9.59 Å². The zero-order valence-electron chi connectivity index (χ0n) is 7.36. The molecule has 0 aliphatic carbocycles. The van der Waals surface area contributed by atoms with Crippen LogP contribution in [0.2, 0.25) is 0 Å². The molecule has 1 aromatic heterocycles. The second kappa shape index (κ2) is 4.80. The van der Waals surface area contributed by atoms with Crippen molar-refractivity contribution in [2.75, 3.05) is 0 Å². The van der Waals surface area contributed by atoms with Gasteiger partial charge in [0.2, 0.25) is 0 Å². The average molecular weight is 222 g/mol. The van der Waals surface area contributed by atoms with E-state index in [-0.39, 0.29) is 5.89 Å². The number of carbonyl (C=O) groups is 1. The Morgan fingerprint density at radius 1 is 1.71 bits per heavy atom. The Bertz CT molecular complexity index is 357. The number of nitrogens with zero attached hydrogens (tertiary/aromatic N) is 1. The van der Waals surface area contributed by atoms with Crippen molar-refractivity contribution in [1.82, 2.24) is 5.16 Å². The summed E-state index contributed by atoms with van der Waals surface area (Å²) in [5.41, 5.74) is -0.978. The molecule has 6 nitrogen and oxygen atoms in total. The van der Waals surface area contributed by atoms with E-state index >= 15 is 0 Å². The lowest BCUT2D eigenvalue weighted by Gasteiger charge is -2.09. The third-order valence-corrected chi connectivity index (χ3v) is 1.55. The molecule has 0 radical (unpaired) electrons. The summed E-state index contributed by atoms with van der Waals surface area (Å²) >= 11 is 5.03. The molecule has 1 unspecified atom stereocenters. The predicted molar refractivity (Wildman–Crippen MR) is 45.0 cm³/mol. The molecule has 78 valence electrons. The summed E-state index contributed by atoms with van der Waals surface area (Å²) in [6.07, 6.45) is 0.399. The molecular weight excluding hydrogens is 214 g/mol. The molecule has 1 aromatic rings. The highest BCUT2D eigenvalue weighted by Crippen LogP contribution is 2.20. The fraction of sp³-hybridized carbons (Fsp3) is 0.571. The van der Waals surface area contributed by atoms with Gasteiger partial charge in [0, 0.05) is 11.6 Å². The Hall–Kier alpha value is -1.30. The molecule has 1 heterocycles. The number of halogens is 1. The van der Waals surface area contributed by atoms with Crippen molar-refractivity contribution in [3.8, 4) is 0 Å². The number of hydrogen-bond acceptors (Lipinski definition) is 6. The van der Waals surface area contributed by atoms with Crippen molar-refractivity contribution >= 4 is 17.0 Å². The molecule has 0 amide bonds. The minimum atomic E-state index is -0.978. The van der Waals surface area contributed by atoms with E-state index < -0.39 is 17.4 Å². The van der Waals surface area contributed by atoms with Crippen LogP contribution >= 0.6 is 11.6 Å². The molecule has 7 heteroatoms. The van der Waals surface area contributed by atoms with Crippen LogP contribution in [0.4, 0.5) is 4.79 Å². The van der Waals surface area contributed by atoms with Crippen molar-refractivity contribution in [3.05, 3.63) is 16.5 Å². The monoisotopic (exact) mass is 221 g/mol. The number of carbonyl (C=O) groups excluding carboxylic acids is 1. The van der Waals surface area contributed by atoms with Gasteiger partial charge in [-0.3, -0.25) is 4.52 Å². The van der Waals surface area contributed by atoms with Gasteiger partial charge >= 0.3 is 11.3 Å². The zero-order chi connectivity index (χ0) is 10.6. The molecule has 0 saturated heterocycles. The van der Waals surface area contributed by atoms with Crippen LogP contribution in [0.1, 0.15) is 31.8 Å². The molecule has 0 fully saturated rings. The van der Waals surface area contributed by atoms with E-state index in [0.717, 1.165) is 0 Å². The molecule has 0 spiro atoms. The Balaban J connectivity index is 2.76. The maximum absolute atomic E-state index is 10.5. The lowest BCUT2D eigenvalue weighted by molar-refractivity contribution is 0.0951. The van der Waals surface area contributed by atoms with Crippen LogP contribution in [0.25, 0.3) is 0 Å². The van der Waals surface area contributed by atoms with Crippen LogP contribution in [0, 0.1) is 0 Å². The van der Waals surface area contributed by atoms with Gasteiger partial charge in [0.15, 0.2) is 6.10 Å². The van der Waals surface area contributed by atoms with Crippen molar-refractivity contribution in [3.63, 3.8) is 0 Å². The fourth-order valence-electron chi connectivity index (χ4n) is 0.936. The third-order valence-electron chi connectivity index (χ3n) is 1.46. The number of hydrogen-bond donors (Lipinski definition) is 0. The van der Waals surface area contributed by atoms with Crippen LogP contribution < -0.4 is 5.82 Å². The number of aromatic nitrogens is 1. The van der Waals surface area contributed by atoms with Gasteiger partial charge in [-0.1, -0.05) is 13.3 Å². The Morgan fingerprint density at radius 3 is 2.86 bits per heavy atom. The van der Waals surface area contributed by atoms with Gasteiger partial charge in [0.05, 0.1) is 0 Å². The van der Waals surface area contributed by atoms with Gasteiger partial charge in [0.1, 0.15) is 0 Å². The van der Waals surface area contributed by atoms with E-state index in [4.69, 9.17) is 11.6 Å². The molecule has 0 N–H and O–H groups in total. The van der Waals surface area contributed by atoms with Gasteiger partial charge in [0.25, 0.3) is 5.89 Å². The van der Waals surface area contributed by atoms with E-state index in [2.05, 4.69) is 18.8 Å². The highest BCUT2D eigenvalue weighted by molar-refractivity contribution is 6.61. The molecule has 1 atom stereocenters. The molecule has 0 saturated carbocycles. The first-order chi connectivity index (χ1) is 6.63. The topological polar surface area (TPSA) is 82.5 Å². The van der Waals surface area contributed by atoms with Crippen molar-refractivity contribution in [2.45, 2.75) is 25.9 Å². The summed E-state index contributed by atoms with van der Waals surface area (Å²) in [5, 5.41) is 3.30. The van der Waals surface area contributed by atoms with Gasteiger partial charge < -0.3 is 9.15 Å². The zero-order valence-corrected chi connectivity index (χ0v) is 8.11. The Kier molecular flexibility index (Phi) is 3.70. The first kappa shape index (κ1) is 10.8. The maximum Gasteiger partial charge on any atom is 0.542 e. The molecule has 0 bridgehead atoms. The molecular formula is C7H8ClNO5. The predicted octanol–water partition coefficient (Wildman–Crippen LogP) is 1.84. The first-order valence-corrected chi connectivity index (χ1v) is 4.34. The highest BCUT2D eigenvalue weighted by Gasteiger charge is 2.21. The first-order valence-electron chi connectivity index (χ1n) is 3.96. The summed E-state index contributed by atoms with van der Waals surface area (Å²) in [6.45, 7) is 1.87. The van der Waals surface area contributed by atoms with Crippen molar-refractivity contribution < 1.29 is 18.5 Å². The van der Waals surface area contributed by atoms with E-state index in [1.54, 1.807) is 0 Å². The van der Waals surface area contributed by atoms with Crippen LogP contribution in [0.15, 0.2) is 13.7 Å². The fourth-order valence-corrected chi connectivity index (χ4v) is 1.04. The second-order valence-electron chi connectivity index (χ2n) is 2.51. The molecule has 14 heavy (non-hydrogen) atoms. The molecule has 1 rings (SSSR count). The maximum atomic E-state index is 10.5. The normalized spacial score (nSPS) is 12.4. The van der Waals surface area contributed by atoms with E-state index in [1.807, 2.05) is 6.92 Å². The van der Waals surface area contributed by atoms with Gasteiger partial charge in [-0.2, -0.15) is 0 Å². The van der Waals surface area contributed by atoms with Gasteiger partial charge in [-0.05, 0) is 11.6 Å². The Labute approximate surface area is 83.8 Å². The lowest BCUT2D eigenvalue weighted by Crippen LogP contribution is -2.06. The average Bonchev–Trinajstić information content (AvgIpc) is 2.50. The van der Waals surface area contributed by atoms with Crippen molar-refractivity contribution in [1.29, 1.82) is 0 Å². The van der Waals surface area contributed by atoms with Gasteiger partial charge in [-0.15, -0.1) is 0 Å². The smallest absolute Gasteiger partial charge is 0.440 e. The van der Waals surface area contributed by atoms with Crippen LogP contribution in [0.3, 0.4) is 0 Å².